The summed E-state index contributed by atoms with van der Waals surface area (Å²) in [7, 11) is 1.64. The van der Waals surface area contributed by atoms with Gasteiger partial charge in [0.05, 0.1) is 12.8 Å². The van der Waals surface area contributed by atoms with Crippen molar-refractivity contribution in [2.45, 2.75) is 38.1 Å². The van der Waals surface area contributed by atoms with E-state index in [1.807, 2.05) is 24.3 Å². The van der Waals surface area contributed by atoms with E-state index in [1.165, 1.54) is 45.2 Å². The molecule has 6 heteroatoms. The van der Waals surface area contributed by atoms with Gasteiger partial charge in [-0.05, 0) is 62.9 Å². The molecule has 144 valence electrons. The van der Waals surface area contributed by atoms with Crippen molar-refractivity contribution in [2.75, 3.05) is 26.7 Å². The van der Waals surface area contributed by atoms with Crippen molar-refractivity contribution in [3.05, 3.63) is 36.0 Å². The number of fused-ring (bicyclic) bond motifs is 1. The molecule has 0 bridgehead atoms. The minimum atomic E-state index is -0.0791. The molecule has 27 heavy (non-hydrogen) atoms. The Morgan fingerprint density at radius 1 is 1.26 bits per heavy atom. The van der Waals surface area contributed by atoms with Gasteiger partial charge in [0.2, 0.25) is 0 Å². The van der Waals surface area contributed by atoms with E-state index in [0.29, 0.717) is 17.7 Å². The molecule has 2 aromatic rings. The Morgan fingerprint density at radius 2 is 2.15 bits per heavy atom. The molecule has 0 spiro atoms. The summed E-state index contributed by atoms with van der Waals surface area (Å²) in [6, 6.07) is 10.1. The van der Waals surface area contributed by atoms with Gasteiger partial charge in [-0.1, -0.05) is 18.6 Å². The molecule has 1 aromatic heterocycles. The predicted molar refractivity (Wildman–Crippen MR) is 105 cm³/mol. The minimum absolute atomic E-state index is 0.0791. The Bertz CT molecular complexity index is 786. The molecule has 0 unspecified atom stereocenters. The molecule has 0 saturated carbocycles. The van der Waals surface area contributed by atoms with Crippen molar-refractivity contribution in [2.24, 2.45) is 5.92 Å². The first-order valence-corrected chi connectivity index (χ1v) is 9.96. The molecule has 6 nitrogen and oxygen atoms in total. The highest BCUT2D eigenvalue weighted by molar-refractivity contribution is 5.93. The number of hydrogen-bond acceptors (Lipinski definition) is 4. The summed E-state index contributed by atoms with van der Waals surface area (Å²) < 4.78 is 5.26. The maximum Gasteiger partial charge on any atom is 0.269 e. The largest absolute Gasteiger partial charge is 0.497 e. The summed E-state index contributed by atoms with van der Waals surface area (Å²) in [5.41, 5.74) is 2.18. The lowest BCUT2D eigenvalue weighted by Crippen LogP contribution is -2.51. The molecule has 3 heterocycles. The van der Waals surface area contributed by atoms with Gasteiger partial charge in [-0.15, -0.1) is 0 Å². The van der Waals surface area contributed by atoms with Gasteiger partial charge in [-0.2, -0.15) is 5.10 Å². The number of amides is 1. The number of ether oxygens (including phenoxy) is 1. The van der Waals surface area contributed by atoms with Crippen LogP contribution in [0.1, 0.15) is 42.6 Å². The highest BCUT2D eigenvalue weighted by atomic mass is 16.5. The van der Waals surface area contributed by atoms with Gasteiger partial charge in [-0.3, -0.25) is 9.89 Å². The van der Waals surface area contributed by atoms with Gasteiger partial charge in [0, 0.05) is 18.2 Å². The van der Waals surface area contributed by atoms with Crippen LogP contribution in [0.3, 0.4) is 0 Å². The molecule has 2 N–H and O–H groups in total. The summed E-state index contributed by atoms with van der Waals surface area (Å²) in [4.78, 5) is 15.2. The SMILES string of the molecule is COc1cccc(-c2cc(C(=O)NC[C@H]3CCCN4CCCC[C@H]34)[nH]n2)c1. The molecule has 2 aliphatic heterocycles. The van der Waals surface area contributed by atoms with Crippen LogP contribution in [-0.4, -0.2) is 53.8 Å². The van der Waals surface area contributed by atoms with E-state index < -0.39 is 0 Å². The first-order chi connectivity index (χ1) is 13.2. The number of methoxy groups -OCH3 is 1. The van der Waals surface area contributed by atoms with Crippen LogP contribution in [0.25, 0.3) is 11.3 Å². The number of hydrogen-bond donors (Lipinski definition) is 2. The van der Waals surface area contributed by atoms with Crippen LogP contribution in [0.15, 0.2) is 30.3 Å². The van der Waals surface area contributed by atoms with Gasteiger partial charge < -0.3 is 15.0 Å². The number of carbonyl (C=O) groups is 1. The molecular weight excluding hydrogens is 340 g/mol. The maximum atomic E-state index is 12.6. The van der Waals surface area contributed by atoms with Crippen molar-refractivity contribution in [3.63, 3.8) is 0 Å². The smallest absolute Gasteiger partial charge is 0.269 e. The molecule has 2 atom stereocenters. The van der Waals surface area contributed by atoms with Gasteiger partial charge in [0.25, 0.3) is 5.91 Å². The van der Waals surface area contributed by atoms with Crippen LogP contribution >= 0.6 is 0 Å². The second kappa shape index (κ2) is 8.13. The number of aromatic amines is 1. The molecule has 1 aromatic carbocycles. The number of nitrogens with zero attached hydrogens (tertiary/aromatic N) is 2. The molecule has 0 aliphatic carbocycles. The fourth-order valence-electron chi connectivity index (χ4n) is 4.50. The topological polar surface area (TPSA) is 70.2 Å². The van der Waals surface area contributed by atoms with Crippen molar-refractivity contribution in [3.8, 4) is 17.0 Å². The zero-order valence-electron chi connectivity index (χ0n) is 15.9. The van der Waals surface area contributed by atoms with Crippen molar-refractivity contribution in [1.82, 2.24) is 20.4 Å². The summed E-state index contributed by atoms with van der Waals surface area (Å²) >= 11 is 0. The molecule has 4 rings (SSSR count). The lowest BCUT2D eigenvalue weighted by atomic mass is 9.83. The molecule has 2 saturated heterocycles. The average molecular weight is 368 g/mol. The lowest BCUT2D eigenvalue weighted by Gasteiger charge is -2.44. The second-order valence-corrected chi connectivity index (χ2v) is 7.61. The van der Waals surface area contributed by atoms with Crippen LogP contribution in [0.4, 0.5) is 0 Å². The fraction of sp³-hybridized carbons (Fsp3) is 0.524. The Morgan fingerprint density at radius 3 is 3.04 bits per heavy atom. The number of rotatable bonds is 5. The highest BCUT2D eigenvalue weighted by Gasteiger charge is 2.33. The van der Waals surface area contributed by atoms with Gasteiger partial charge in [-0.25, -0.2) is 0 Å². The fourth-order valence-corrected chi connectivity index (χ4v) is 4.50. The normalized spacial score (nSPS) is 22.9. The van der Waals surface area contributed by atoms with Crippen molar-refractivity contribution in [1.29, 1.82) is 0 Å². The Kier molecular flexibility index (Phi) is 5.43. The number of aromatic nitrogens is 2. The standard InChI is InChI=1S/C21H28N4O2/c1-27-17-8-4-6-15(12-17)18-13-19(24-23-18)21(26)22-14-16-7-5-11-25-10-3-2-9-20(16)25/h4,6,8,12-13,16,20H,2-3,5,7,9-11,14H2,1H3,(H,22,26)(H,23,24)/t16-,20-/m1/s1. The Labute approximate surface area is 160 Å². The summed E-state index contributed by atoms with van der Waals surface area (Å²) in [5.74, 6) is 1.25. The molecule has 2 aliphatic rings. The maximum absolute atomic E-state index is 12.6. The average Bonchev–Trinajstić information content (AvgIpc) is 3.22. The monoisotopic (exact) mass is 368 g/mol. The summed E-state index contributed by atoms with van der Waals surface area (Å²) in [5, 5.41) is 10.3. The zero-order chi connectivity index (χ0) is 18.6. The number of H-pyrrole nitrogens is 1. The van der Waals surface area contributed by atoms with E-state index in [1.54, 1.807) is 13.2 Å². The first kappa shape index (κ1) is 18.0. The summed E-state index contributed by atoms with van der Waals surface area (Å²) in [6.45, 7) is 3.19. The van der Waals surface area contributed by atoms with Crippen LogP contribution in [0.2, 0.25) is 0 Å². The molecule has 1 amide bonds. The molecule has 2 fully saturated rings. The van der Waals surface area contributed by atoms with Crippen LogP contribution in [0.5, 0.6) is 5.75 Å². The quantitative estimate of drug-likeness (QED) is 0.851. The predicted octanol–water partition coefficient (Wildman–Crippen LogP) is 3.08. The zero-order valence-corrected chi connectivity index (χ0v) is 15.9. The highest BCUT2D eigenvalue weighted by Crippen LogP contribution is 2.30. The summed E-state index contributed by atoms with van der Waals surface area (Å²) in [6.07, 6.45) is 6.35. The Balaban J connectivity index is 1.38. The lowest BCUT2D eigenvalue weighted by molar-refractivity contribution is 0.0575. The number of nitrogens with one attached hydrogen (secondary N) is 2. The van der Waals surface area contributed by atoms with Crippen LogP contribution in [-0.2, 0) is 0 Å². The number of benzene rings is 1. The minimum Gasteiger partial charge on any atom is -0.497 e. The van der Waals surface area contributed by atoms with Gasteiger partial charge >= 0.3 is 0 Å². The van der Waals surface area contributed by atoms with Crippen molar-refractivity contribution < 1.29 is 9.53 Å². The molecular formula is C21H28N4O2. The van der Waals surface area contributed by atoms with Gasteiger partial charge in [0.15, 0.2) is 0 Å². The van der Waals surface area contributed by atoms with E-state index in [4.69, 9.17) is 4.74 Å². The third-order valence-electron chi connectivity index (χ3n) is 5.94. The van der Waals surface area contributed by atoms with Crippen LogP contribution in [0, 0.1) is 5.92 Å². The van der Waals surface area contributed by atoms with Crippen LogP contribution < -0.4 is 10.1 Å². The van der Waals surface area contributed by atoms with E-state index in [0.717, 1.165) is 23.6 Å². The first-order valence-electron chi connectivity index (χ1n) is 9.96. The van der Waals surface area contributed by atoms with E-state index in [-0.39, 0.29) is 5.91 Å². The van der Waals surface area contributed by atoms with E-state index in [9.17, 15) is 4.79 Å². The van der Waals surface area contributed by atoms with E-state index in [2.05, 4.69) is 20.4 Å². The van der Waals surface area contributed by atoms with E-state index >= 15 is 0 Å². The molecule has 0 radical (unpaired) electrons. The number of carbonyl (C=O) groups excluding carboxylic acids is 1. The number of piperidine rings is 2. The third kappa shape index (κ3) is 4.00. The second-order valence-electron chi connectivity index (χ2n) is 7.61. The van der Waals surface area contributed by atoms with Gasteiger partial charge in [0.1, 0.15) is 11.4 Å². The third-order valence-corrected chi connectivity index (χ3v) is 5.94. The Hall–Kier alpha value is -2.34. The van der Waals surface area contributed by atoms with Crippen molar-refractivity contribution >= 4 is 5.91 Å².